The molecule has 3 aromatic rings. The molecule has 0 spiro atoms. The van der Waals surface area contributed by atoms with Crippen LogP contribution in [0.2, 0.25) is 5.02 Å². The Morgan fingerprint density at radius 1 is 1.10 bits per heavy atom. The lowest BCUT2D eigenvalue weighted by molar-refractivity contribution is -0.119. The van der Waals surface area contributed by atoms with Crippen molar-refractivity contribution >= 4 is 40.9 Å². The summed E-state index contributed by atoms with van der Waals surface area (Å²) in [6.07, 6.45) is 0. The van der Waals surface area contributed by atoms with Gasteiger partial charge in [-0.1, -0.05) is 35.9 Å². The Hall–Kier alpha value is -3.21. The lowest BCUT2D eigenvalue weighted by Gasteiger charge is -2.09. The molecule has 0 aliphatic heterocycles. The summed E-state index contributed by atoms with van der Waals surface area (Å²) in [4.78, 5) is 25.1. The molecule has 0 bridgehead atoms. The van der Waals surface area contributed by atoms with Gasteiger partial charge in [-0.2, -0.15) is 5.26 Å². The van der Waals surface area contributed by atoms with Crippen molar-refractivity contribution in [1.29, 1.82) is 5.26 Å². The minimum Gasteiger partial charge on any atom is -0.450 e. The van der Waals surface area contributed by atoms with Gasteiger partial charge < -0.3 is 14.5 Å². The SMILES string of the molecule is N#CCSc1ccccc1NC(=O)COC(=O)c1ccc(-c2ccccc2Cl)o1. The number of nitrogens with one attached hydrogen (secondary N) is 1. The van der Waals surface area contributed by atoms with Gasteiger partial charge in [0.15, 0.2) is 6.61 Å². The Bertz CT molecular complexity index is 1070. The minimum absolute atomic E-state index is 0.0299. The third kappa shape index (κ3) is 5.41. The molecule has 1 heterocycles. The number of hydrogen-bond acceptors (Lipinski definition) is 6. The predicted octanol–water partition coefficient (Wildman–Crippen LogP) is 5.01. The van der Waals surface area contributed by atoms with Crippen LogP contribution in [0.5, 0.6) is 0 Å². The van der Waals surface area contributed by atoms with Gasteiger partial charge in [0, 0.05) is 10.5 Å². The van der Waals surface area contributed by atoms with E-state index in [1.165, 1.54) is 17.8 Å². The summed E-state index contributed by atoms with van der Waals surface area (Å²) in [6, 6.07) is 19.3. The average molecular weight is 427 g/mol. The van der Waals surface area contributed by atoms with Crippen LogP contribution in [0.3, 0.4) is 0 Å². The number of esters is 1. The summed E-state index contributed by atoms with van der Waals surface area (Å²) in [5.41, 5.74) is 1.20. The number of carbonyl (C=O) groups is 2. The first-order valence-electron chi connectivity index (χ1n) is 8.49. The highest BCUT2D eigenvalue weighted by Crippen LogP contribution is 2.29. The summed E-state index contributed by atoms with van der Waals surface area (Å²) < 4.78 is 10.5. The van der Waals surface area contributed by atoms with Crippen LogP contribution in [0.25, 0.3) is 11.3 Å². The fourth-order valence-corrected chi connectivity index (χ4v) is 3.35. The number of carbonyl (C=O) groups excluding carboxylic acids is 2. The van der Waals surface area contributed by atoms with Gasteiger partial charge in [-0.25, -0.2) is 4.79 Å². The van der Waals surface area contributed by atoms with Crippen molar-refractivity contribution in [2.24, 2.45) is 0 Å². The Morgan fingerprint density at radius 3 is 2.66 bits per heavy atom. The van der Waals surface area contributed by atoms with E-state index in [1.807, 2.05) is 12.1 Å². The van der Waals surface area contributed by atoms with Crippen LogP contribution in [0, 0.1) is 11.3 Å². The van der Waals surface area contributed by atoms with E-state index in [-0.39, 0.29) is 11.5 Å². The third-order valence-corrected chi connectivity index (χ3v) is 5.00. The lowest BCUT2D eigenvalue weighted by atomic mass is 10.2. The number of benzene rings is 2. The molecular weight excluding hydrogens is 412 g/mol. The molecular formula is C21H15ClN2O4S. The van der Waals surface area contributed by atoms with Crippen LogP contribution in [0.15, 0.2) is 70.0 Å². The zero-order chi connectivity index (χ0) is 20.6. The fraction of sp³-hybridized carbons (Fsp3) is 0.0952. The molecule has 0 aliphatic rings. The Labute approximate surface area is 176 Å². The van der Waals surface area contributed by atoms with Crippen molar-refractivity contribution in [2.75, 3.05) is 17.7 Å². The van der Waals surface area contributed by atoms with Gasteiger partial charge in [0.2, 0.25) is 5.76 Å². The number of para-hydroxylation sites is 1. The maximum absolute atomic E-state index is 12.2. The summed E-state index contributed by atoms with van der Waals surface area (Å²) in [5.74, 6) is -0.603. The molecule has 3 rings (SSSR count). The van der Waals surface area contributed by atoms with Gasteiger partial charge >= 0.3 is 5.97 Å². The number of hydrogen-bond donors (Lipinski definition) is 1. The molecule has 0 saturated carbocycles. The van der Waals surface area contributed by atoms with E-state index in [1.54, 1.807) is 48.5 Å². The number of anilines is 1. The molecule has 8 heteroatoms. The van der Waals surface area contributed by atoms with Crippen LogP contribution < -0.4 is 5.32 Å². The molecule has 0 unspecified atom stereocenters. The second kappa shape index (κ2) is 9.82. The van der Waals surface area contributed by atoms with Crippen LogP contribution in [0.4, 0.5) is 5.69 Å². The van der Waals surface area contributed by atoms with Crippen LogP contribution in [-0.2, 0) is 9.53 Å². The topological polar surface area (TPSA) is 92.3 Å². The first-order chi connectivity index (χ1) is 14.1. The third-order valence-electron chi connectivity index (χ3n) is 3.73. The van der Waals surface area contributed by atoms with Crippen molar-refractivity contribution in [3.8, 4) is 17.4 Å². The maximum atomic E-state index is 12.2. The van der Waals surface area contributed by atoms with E-state index in [0.29, 0.717) is 22.0 Å². The molecule has 0 saturated heterocycles. The summed E-state index contributed by atoms with van der Waals surface area (Å²) in [5, 5.41) is 11.9. The van der Waals surface area contributed by atoms with E-state index in [2.05, 4.69) is 5.32 Å². The minimum atomic E-state index is -0.759. The van der Waals surface area contributed by atoms with Gasteiger partial charge in [0.05, 0.1) is 22.5 Å². The van der Waals surface area contributed by atoms with Crippen LogP contribution in [0.1, 0.15) is 10.6 Å². The second-order valence-corrected chi connectivity index (χ2v) is 7.14. The first kappa shape index (κ1) is 20.5. The fourth-order valence-electron chi connectivity index (χ4n) is 2.45. The van der Waals surface area contributed by atoms with Crippen molar-refractivity contribution in [3.05, 3.63) is 71.4 Å². The number of halogens is 1. The second-order valence-electron chi connectivity index (χ2n) is 5.71. The first-order valence-corrected chi connectivity index (χ1v) is 9.85. The summed E-state index contributed by atoms with van der Waals surface area (Å²) in [7, 11) is 0. The van der Waals surface area contributed by atoms with E-state index in [9.17, 15) is 9.59 Å². The number of thioether (sulfide) groups is 1. The molecule has 6 nitrogen and oxygen atoms in total. The summed E-state index contributed by atoms with van der Waals surface area (Å²) >= 11 is 7.43. The lowest BCUT2D eigenvalue weighted by Crippen LogP contribution is -2.21. The van der Waals surface area contributed by atoms with Crippen molar-refractivity contribution in [3.63, 3.8) is 0 Å². The monoisotopic (exact) mass is 426 g/mol. The molecule has 1 aromatic heterocycles. The van der Waals surface area contributed by atoms with Crippen LogP contribution in [-0.4, -0.2) is 24.2 Å². The van der Waals surface area contributed by atoms with Gasteiger partial charge in [-0.15, -0.1) is 11.8 Å². The van der Waals surface area contributed by atoms with Gasteiger partial charge in [0.1, 0.15) is 5.76 Å². The van der Waals surface area contributed by atoms with Gasteiger partial charge in [-0.3, -0.25) is 4.79 Å². The number of rotatable bonds is 7. The van der Waals surface area contributed by atoms with E-state index in [4.69, 9.17) is 26.0 Å². The maximum Gasteiger partial charge on any atom is 0.374 e. The quantitative estimate of drug-likeness (QED) is 0.421. The molecule has 1 N–H and O–H groups in total. The Balaban J connectivity index is 1.58. The molecule has 2 aromatic carbocycles. The average Bonchev–Trinajstić information content (AvgIpc) is 3.22. The van der Waals surface area contributed by atoms with Crippen molar-refractivity contribution < 1.29 is 18.7 Å². The number of nitriles is 1. The van der Waals surface area contributed by atoms with E-state index in [0.717, 1.165) is 4.90 Å². The summed E-state index contributed by atoms with van der Waals surface area (Å²) in [6.45, 7) is -0.474. The smallest absolute Gasteiger partial charge is 0.374 e. The van der Waals surface area contributed by atoms with Gasteiger partial charge in [-0.05, 0) is 36.4 Å². The molecule has 0 fully saturated rings. The molecule has 0 atom stereocenters. The zero-order valence-electron chi connectivity index (χ0n) is 15.1. The number of amides is 1. The number of ether oxygens (including phenoxy) is 1. The number of nitrogens with zero attached hydrogens (tertiary/aromatic N) is 1. The highest BCUT2D eigenvalue weighted by Gasteiger charge is 2.17. The Morgan fingerprint density at radius 2 is 1.86 bits per heavy atom. The zero-order valence-corrected chi connectivity index (χ0v) is 16.6. The number of furan rings is 1. The largest absolute Gasteiger partial charge is 0.450 e. The van der Waals surface area contributed by atoms with E-state index < -0.39 is 18.5 Å². The van der Waals surface area contributed by atoms with Crippen LogP contribution >= 0.6 is 23.4 Å². The normalized spacial score (nSPS) is 10.2. The van der Waals surface area contributed by atoms with E-state index >= 15 is 0 Å². The highest BCUT2D eigenvalue weighted by molar-refractivity contribution is 7.99. The predicted molar refractivity (Wildman–Crippen MR) is 111 cm³/mol. The Kier molecular flexibility index (Phi) is 6.95. The molecule has 0 aliphatic carbocycles. The van der Waals surface area contributed by atoms with Crippen molar-refractivity contribution in [2.45, 2.75) is 4.90 Å². The molecule has 0 radical (unpaired) electrons. The highest BCUT2D eigenvalue weighted by atomic mass is 35.5. The molecule has 29 heavy (non-hydrogen) atoms. The van der Waals surface area contributed by atoms with Gasteiger partial charge in [0.25, 0.3) is 5.91 Å². The standard InChI is InChI=1S/C21H15ClN2O4S/c22-15-6-2-1-5-14(15)17-9-10-18(28-17)21(26)27-13-20(25)24-16-7-3-4-8-19(16)29-12-11-23/h1-10H,12-13H2,(H,24,25). The molecule has 146 valence electrons. The molecule has 1 amide bonds. The van der Waals surface area contributed by atoms with Crippen molar-refractivity contribution in [1.82, 2.24) is 0 Å².